The van der Waals surface area contributed by atoms with Crippen LogP contribution >= 0.6 is 0 Å². The van der Waals surface area contributed by atoms with Crippen molar-refractivity contribution in [3.63, 3.8) is 0 Å². The summed E-state index contributed by atoms with van der Waals surface area (Å²) in [5.41, 5.74) is 4.29. The summed E-state index contributed by atoms with van der Waals surface area (Å²) in [6.45, 7) is 2.72. The largest absolute Gasteiger partial charge is 0.245 e. The van der Waals surface area contributed by atoms with Crippen LogP contribution in [0.1, 0.15) is 30.6 Å². The number of tetrazole rings is 1. The molecule has 0 spiro atoms. The Hall–Kier alpha value is -3.79. The lowest BCUT2D eigenvalue weighted by atomic mass is 9.98. The highest BCUT2D eigenvalue weighted by atomic mass is 15.5. The lowest BCUT2D eigenvalue weighted by Gasteiger charge is -2.09. The third kappa shape index (κ3) is 4.06. The maximum atomic E-state index is 5.42. The van der Waals surface area contributed by atoms with Gasteiger partial charge in [-0.25, -0.2) is 14.8 Å². The Morgan fingerprint density at radius 3 is 2.55 bits per heavy atom. The number of nitrogens with zero attached hydrogens (tertiary/aromatic N) is 6. The van der Waals surface area contributed by atoms with Gasteiger partial charge in [0.25, 0.3) is 0 Å². The number of aromatic amines is 1. The number of terminal acetylenes is 1. The Morgan fingerprint density at radius 1 is 1.07 bits per heavy atom. The monoisotopic (exact) mass is 383 g/mol. The van der Waals surface area contributed by atoms with Crippen LogP contribution in [0.2, 0.25) is 0 Å². The predicted octanol–water partition coefficient (Wildman–Crippen LogP) is 3.30. The van der Waals surface area contributed by atoms with E-state index >= 15 is 0 Å². The van der Waals surface area contributed by atoms with Crippen LogP contribution in [0.15, 0.2) is 48.5 Å². The van der Waals surface area contributed by atoms with Gasteiger partial charge in [-0.05, 0) is 27.1 Å². The number of hydrogen-bond donors (Lipinski definition) is 1. The molecule has 0 atom stereocenters. The minimum absolute atomic E-state index is 0.651. The first-order valence-electron chi connectivity index (χ1n) is 9.57. The number of hydrogen-bond acceptors (Lipinski definition) is 5. The maximum Gasteiger partial charge on any atom is 0.180 e. The molecule has 0 radical (unpaired) electrons. The highest BCUT2D eigenvalue weighted by molar-refractivity contribution is 5.80. The van der Waals surface area contributed by atoms with Crippen LogP contribution in [0.3, 0.4) is 0 Å². The van der Waals surface area contributed by atoms with Crippen LogP contribution in [0.5, 0.6) is 0 Å². The first-order chi connectivity index (χ1) is 14.3. The topological polar surface area (TPSA) is 85.2 Å². The second-order valence-corrected chi connectivity index (χ2v) is 6.65. The van der Waals surface area contributed by atoms with Crippen LogP contribution in [0.4, 0.5) is 0 Å². The average molecular weight is 383 g/mol. The van der Waals surface area contributed by atoms with Crippen LogP contribution in [0.25, 0.3) is 22.5 Å². The summed E-state index contributed by atoms with van der Waals surface area (Å²) in [5.74, 6) is 5.12. The molecule has 0 fully saturated rings. The molecular weight excluding hydrogens is 362 g/mol. The molecular formula is C22H21N7. The Labute approximate surface area is 169 Å². The second-order valence-electron chi connectivity index (χ2n) is 6.65. The van der Waals surface area contributed by atoms with E-state index in [0.717, 1.165) is 46.7 Å². The molecule has 0 aliphatic rings. The predicted molar refractivity (Wildman–Crippen MR) is 111 cm³/mol. The minimum Gasteiger partial charge on any atom is -0.245 e. The highest BCUT2D eigenvalue weighted by Crippen LogP contribution is 2.29. The molecule has 0 amide bonds. The maximum absolute atomic E-state index is 5.42. The Morgan fingerprint density at radius 2 is 1.86 bits per heavy atom. The highest BCUT2D eigenvalue weighted by Gasteiger charge is 2.11. The standard InChI is InChI=1S/C22H21N7/c1-3-5-10-21-23-20(4-2)26-29(21)15-16-11-13-17(14-12-16)18-8-6-7-9-19(18)22-24-27-28-25-22/h1,6-9,11-14H,4-5,10,15H2,2H3,(H,24,25,27,28). The molecule has 0 aliphatic carbocycles. The van der Waals surface area contributed by atoms with Gasteiger partial charge in [-0.1, -0.05) is 55.5 Å². The van der Waals surface area contributed by atoms with Crippen molar-refractivity contribution < 1.29 is 0 Å². The molecule has 7 nitrogen and oxygen atoms in total. The summed E-state index contributed by atoms with van der Waals surface area (Å²) in [6, 6.07) is 16.5. The van der Waals surface area contributed by atoms with Crippen molar-refractivity contribution in [3.05, 3.63) is 65.7 Å². The van der Waals surface area contributed by atoms with Crippen molar-refractivity contribution >= 4 is 0 Å². The minimum atomic E-state index is 0.651. The fourth-order valence-corrected chi connectivity index (χ4v) is 3.25. The second kappa shape index (κ2) is 8.48. The summed E-state index contributed by atoms with van der Waals surface area (Å²) in [4.78, 5) is 4.60. The number of aryl methyl sites for hydroxylation is 2. The lowest BCUT2D eigenvalue weighted by Crippen LogP contribution is -2.07. The van der Waals surface area contributed by atoms with E-state index in [2.05, 4.69) is 73.9 Å². The lowest BCUT2D eigenvalue weighted by molar-refractivity contribution is 0.631. The smallest absolute Gasteiger partial charge is 0.180 e. The zero-order valence-corrected chi connectivity index (χ0v) is 16.2. The summed E-state index contributed by atoms with van der Waals surface area (Å²) in [5, 5.41) is 18.9. The Balaban J connectivity index is 1.59. The van der Waals surface area contributed by atoms with Crippen molar-refractivity contribution in [3.8, 4) is 34.9 Å². The fourth-order valence-electron chi connectivity index (χ4n) is 3.25. The van der Waals surface area contributed by atoms with E-state index in [0.29, 0.717) is 18.8 Å². The summed E-state index contributed by atoms with van der Waals surface area (Å²) in [6.07, 6.45) is 7.62. The fraction of sp³-hybridized carbons (Fsp3) is 0.227. The number of nitrogens with one attached hydrogen (secondary N) is 1. The SMILES string of the molecule is C#CCCc1nc(CC)nn1Cc1ccc(-c2ccccc2-c2nnn[nH]2)cc1. The van der Waals surface area contributed by atoms with Crippen LogP contribution in [-0.2, 0) is 19.4 Å². The van der Waals surface area contributed by atoms with E-state index in [1.807, 2.05) is 22.9 Å². The van der Waals surface area contributed by atoms with Gasteiger partial charge in [-0.2, -0.15) is 5.10 Å². The third-order valence-corrected chi connectivity index (χ3v) is 4.73. The number of rotatable bonds is 7. The summed E-state index contributed by atoms with van der Waals surface area (Å²) in [7, 11) is 0. The van der Waals surface area contributed by atoms with Crippen molar-refractivity contribution in [2.45, 2.75) is 32.7 Å². The molecule has 0 saturated carbocycles. The average Bonchev–Trinajstić information content (AvgIpc) is 3.43. The van der Waals surface area contributed by atoms with Gasteiger partial charge in [0.05, 0.1) is 6.54 Å². The normalized spacial score (nSPS) is 10.8. The molecule has 2 aromatic carbocycles. The molecule has 4 aromatic rings. The molecule has 1 N–H and O–H groups in total. The molecule has 144 valence electrons. The van der Waals surface area contributed by atoms with Gasteiger partial charge in [0.15, 0.2) is 11.6 Å². The Bertz CT molecular complexity index is 1120. The van der Waals surface area contributed by atoms with Gasteiger partial charge < -0.3 is 0 Å². The molecule has 2 aromatic heterocycles. The first kappa shape index (κ1) is 18.6. The van der Waals surface area contributed by atoms with Gasteiger partial charge in [0, 0.05) is 24.8 Å². The quantitative estimate of drug-likeness (QED) is 0.495. The third-order valence-electron chi connectivity index (χ3n) is 4.73. The van der Waals surface area contributed by atoms with Gasteiger partial charge in [0.1, 0.15) is 5.82 Å². The molecule has 7 heteroatoms. The van der Waals surface area contributed by atoms with Gasteiger partial charge in [0.2, 0.25) is 0 Å². The molecule has 0 aliphatic heterocycles. The van der Waals surface area contributed by atoms with Gasteiger partial charge in [-0.3, -0.25) is 0 Å². The number of H-pyrrole nitrogens is 1. The summed E-state index contributed by atoms with van der Waals surface area (Å²) >= 11 is 0. The Kier molecular flexibility index (Phi) is 5.43. The van der Waals surface area contributed by atoms with E-state index in [1.165, 1.54) is 0 Å². The first-order valence-corrected chi connectivity index (χ1v) is 9.57. The zero-order valence-electron chi connectivity index (χ0n) is 16.2. The molecule has 0 saturated heterocycles. The molecule has 2 heterocycles. The summed E-state index contributed by atoms with van der Waals surface area (Å²) < 4.78 is 1.96. The van der Waals surface area contributed by atoms with E-state index in [-0.39, 0.29) is 0 Å². The van der Waals surface area contributed by atoms with E-state index in [4.69, 9.17) is 6.42 Å². The van der Waals surface area contributed by atoms with Crippen molar-refractivity contribution in [2.75, 3.05) is 0 Å². The van der Waals surface area contributed by atoms with Gasteiger partial charge in [-0.15, -0.1) is 17.4 Å². The van der Waals surface area contributed by atoms with Crippen LogP contribution < -0.4 is 0 Å². The van der Waals surface area contributed by atoms with Crippen molar-refractivity contribution in [2.24, 2.45) is 0 Å². The van der Waals surface area contributed by atoms with Crippen molar-refractivity contribution in [1.29, 1.82) is 0 Å². The van der Waals surface area contributed by atoms with Gasteiger partial charge >= 0.3 is 0 Å². The van der Waals surface area contributed by atoms with E-state index in [1.54, 1.807) is 0 Å². The van der Waals surface area contributed by atoms with Crippen LogP contribution in [-0.4, -0.2) is 35.4 Å². The van der Waals surface area contributed by atoms with E-state index < -0.39 is 0 Å². The van der Waals surface area contributed by atoms with E-state index in [9.17, 15) is 0 Å². The number of benzene rings is 2. The molecule has 0 unspecified atom stereocenters. The van der Waals surface area contributed by atoms with Crippen LogP contribution in [0, 0.1) is 12.3 Å². The number of aromatic nitrogens is 7. The molecule has 29 heavy (non-hydrogen) atoms. The molecule has 4 rings (SSSR count). The molecule has 0 bridgehead atoms. The zero-order chi connectivity index (χ0) is 20.1. The van der Waals surface area contributed by atoms with Crippen molar-refractivity contribution in [1.82, 2.24) is 35.4 Å².